The van der Waals surface area contributed by atoms with Crippen molar-refractivity contribution in [1.29, 1.82) is 0 Å². The van der Waals surface area contributed by atoms with E-state index in [1.54, 1.807) is 13.8 Å². The number of nitro benzene ring substituents is 1. The minimum absolute atomic E-state index is 0.0799. The zero-order valence-corrected chi connectivity index (χ0v) is 11.7. The molecule has 0 amide bonds. The molecule has 1 aromatic carbocycles. The lowest BCUT2D eigenvalue weighted by atomic mass is 10.2. The number of nitro groups is 1. The SMILES string of the molecule is Cc1nc(Sc2cc(F)c(C(=O)O)cc2[N+](=O)[O-])oc1C. The number of aryl methyl sites for hydroxylation is 2. The third-order valence-electron chi connectivity index (χ3n) is 2.68. The second kappa shape index (κ2) is 5.52. The second-order valence-corrected chi connectivity index (χ2v) is 5.08. The van der Waals surface area contributed by atoms with Crippen molar-refractivity contribution in [2.24, 2.45) is 0 Å². The predicted octanol–water partition coefficient (Wildman–Crippen LogP) is 3.19. The van der Waals surface area contributed by atoms with E-state index in [1.165, 1.54) is 0 Å². The highest BCUT2D eigenvalue weighted by Crippen LogP contribution is 2.36. The molecule has 0 bridgehead atoms. The molecule has 1 aromatic heterocycles. The molecule has 0 radical (unpaired) electrons. The van der Waals surface area contributed by atoms with Crippen molar-refractivity contribution >= 4 is 23.4 Å². The summed E-state index contributed by atoms with van der Waals surface area (Å²) in [5.74, 6) is -2.09. The number of rotatable bonds is 4. The van der Waals surface area contributed by atoms with E-state index in [2.05, 4.69) is 4.98 Å². The van der Waals surface area contributed by atoms with Crippen LogP contribution in [0, 0.1) is 29.8 Å². The summed E-state index contributed by atoms with van der Waals surface area (Å²) >= 11 is 0.760. The van der Waals surface area contributed by atoms with Gasteiger partial charge in [0.15, 0.2) is 0 Å². The Balaban J connectivity index is 2.49. The molecule has 1 heterocycles. The molecule has 0 saturated heterocycles. The van der Waals surface area contributed by atoms with Gasteiger partial charge in [0.2, 0.25) is 0 Å². The molecule has 0 aliphatic rings. The van der Waals surface area contributed by atoms with Crippen LogP contribution in [0.2, 0.25) is 0 Å². The van der Waals surface area contributed by atoms with Crippen molar-refractivity contribution in [2.45, 2.75) is 24.0 Å². The Morgan fingerprint density at radius 3 is 2.62 bits per heavy atom. The predicted molar refractivity (Wildman–Crippen MR) is 70.1 cm³/mol. The third kappa shape index (κ3) is 3.02. The number of hydrogen-bond donors (Lipinski definition) is 1. The van der Waals surface area contributed by atoms with Crippen LogP contribution in [-0.2, 0) is 0 Å². The van der Waals surface area contributed by atoms with Crippen molar-refractivity contribution in [1.82, 2.24) is 4.98 Å². The van der Waals surface area contributed by atoms with Crippen LogP contribution in [0.15, 0.2) is 26.7 Å². The fraction of sp³-hybridized carbons (Fsp3) is 0.167. The molecule has 2 aromatic rings. The first-order valence-corrected chi connectivity index (χ1v) is 6.44. The van der Waals surface area contributed by atoms with Crippen molar-refractivity contribution in [2.75, 3.05) is 0 Å². The number of carbonyl (C=O) groups is 1. The molecule has 1 N–H and O–H groups in total. The van der Waals surface area contributed by atoms with Crippen LogP contribution in [0.25, 0.3) is 0 Å². The number of nitrogens with zero attached hydrogens (tertiary/aromatic N) is 2. The molecule has 0 aliphatic heterocycles. The lowest BCUT2D eigenvalue weighted by molar-refractivity contribution is -0.387. The lowest BCUT2D eigenvalue weighted by Gasteiger charge is -2.03. The van der Waals surface area contributed by atoms with Gasteiger partial charge in [-0.15, -0.1) is 0 Å². The normalized spacial score (nSPS) is 10.6. The van der Waals surface area contributed by atoms with Gasteiger partial charge in [0.05, 0.1) is 15.5 Å². The minimum atomic E-state index is -1.57. The third-order valence-corrected chi connectivity index (χ3v) is 3.58. The van der Waals surface area contributed by atoms with E-state index in [0.29, 0.717) is 17.5 Å². The maximum Gasteiger partial charge on any atom is 0.338 e. The molecule has 0 fully saturated rings. The smallest absolute Gasteiger partial charge is 0.338 e. The number of benzene rings is 1. The number of halogens is 1. The summed E-state index contributed by atoms with van der Waals surface area (Å²) in [6.45, 7) is 3.38. The van der Waals surface area contributed by atoms with Gasteiger partial charge in [-0.3, -0.25) is 10.1 Å². The van der Waals surface area contributed by atoms with E-state index < -0.39 is 28.0 Å². The minimum Gasteiger partial charge on any atom is -0.478 e. The highest BCUT2D eigenvalue weighted by Gasteiger charge is 2.24. The highest BCUT2D eigenvalue weighted by atomic mass is 32.2. The summed E-state index contributed by atoms with van der Waals surface area (Å²) in [5, 5.41) is 19.9. The van der Waals surface area contributed by atoms with E-state index in [9.17, 15) is 19.3 Å². The first-order chi connectivity index (χ1) is 9.79. The van der Waals surface area contributed by atoms with E-state index in [0.717, 1.165) is 17.8 Å². The van der Waals surface area contributed by atoms with Crippen LogP contribution in [0.3, 0.4) is 0 Å². The standard InChI is InChI=1S/C12H9FN2O5S/c1-5-6(2)20-12(14-5)21-10-4-8(13)7(11(16)17)3-9(10)15(18)19/h3-4H,1-2H3,(H,16,17). The zero-order valence-electron chi connectivity index (χ0n) is 10.9. The zero-order chi connectivity index (χ0) is 15.7. The lowest BCUT2D eigenvalue weighted by Crippen LogP contribution is -2.03. The van der Waals surface area contributed by atoms with Crippen LogP contribution in [0.5, 0.6) is 0 Å². The number of aromatic carboxylic acids is 1. The summed E-state index contributed by atoms with van der Waals surface area (Å²) < 4.78 is 18.9. The Hall–Kier alpha value is -2.42. The van der Waals surface area contributed by atoms with Crippen molar-refractivity contribution in [3.05, 3.63) is 45.1 Å². The number of oxazole rings is 1. The fourth-order valence-electron chi connectivity index (χ4n) is 1.51. The highest BCUT2D eigenvalue weighted by molar-refractivity contribution is 7.99. The monoisotopic (exact) mass is 312 g/mol. The van der Waals surface area contributed by atoms with E-state index in [1.807, 2.05) is 0 Å². The molecule has 9 heteroatoms. The largest absolute Gasteiger partial charge is 0.478 e. The molecule has 0 unspecified atom stereocenters. The van der Waals surface area contributed by atoms with Crippen LogP contribution in [-0.4, -0.2) is 21.0 Å². The van der Waals surface area contributed by atoms with E-state index in [4.69, 9.17) is 9.52 Å². The maximum absolute atomic E-state index is 13.7. The van der Waals surface area contributed by atoms with Gasteiger partial charge < -0.3 is 9.52 Å². The van der Waals surface area contributed by atoms with Gasteiger partial charge in [-0.2, -0.15) is 0 Å². The Morgan fingerprint density at radius 1 is 1.48 bits per heavy atom. The van der Waals surface area contributed by atoms with Gasteiger partial charge in [-0.1, -0.05) is 0 Å². The molecule has 110 valence electrons. The number of aromatic nitrogens is 1. The van der Waals surface area contributed by atoms with Crippen molar-refractivity contribution in [3.63, 3.8) is 0 Å². The summed E-state index contributed by atoms with van der Waals surface area (Å²) in [6, 6.07) is 1.48. The number of hydrogen-bond acceptors (Lipinski definition) is 6. The van der Waals surface area contributed by atoms with Crippen LogP contribution < -0.4 is 0 Å². The molecular formula is C12H9FN2O5S. The van der Waals surface area contributed by atoms with Crippen LogP contribution in [0.1, 0.15) is 21.8 Å². The van der Waals surface area contributed by atoms with Crippen molar-refractivity contribution < 1.29 is 23.6 Å². The summed E-state index contributed by atoms with van der Waals surface area (Å²) in [5.41, 5.74) is -0.666. The summed E-state index contributed by atoms with van der Waals surface area (Å²) in [4.78, 5) is 25.0. The van der Waals surface area contributed by atoms with Gasteiger partial charge >= 0.3 is 5.97 Å². The topological polar surface area (TPSA) is 106 Å². The Bertz CT molecular complexity index is 724. The fourth-order valence-corrected chi connectivity index (χ4v) is 2.45. The first-order valence-electron chi connectivity index (χ1n) is 5.62. The van der Waals surface area contributed by atoms with Crippen molar-refractivity contribution in [3.8, 4) is 0 Å². The average molecular weight is 312 g/mol. The van der Waals surface area contributed by atoms with Crippen LogP contribution >= 0.6 is 11.8 Å². The van der Waals surface area contributed by atoms with Gasteiger partial charge in [0.25, 0.3) is 10.9 Å². The average Bonchev–Trinajstić information content (AvgIpc) is 2.67. The van der Waals surface area contributed by atoms with Gasteiger partial charge in [0, 0.05) is 6.07 Å². The van der Waals surface area contributed by atoms with E-state index in [-0.39, 0.29) is 10.1 Å². The molecule has 0 spiro atoms. The van der Waals surface area contributed by atoms with Gasteiger partial charge in [-0.05, 0) is 31.7 Å². The van der Waals surface area contributed by atoms with E-state index >= 15 is 0 Å². The second-order valence-electron chi connectivity index (χ2n) is 4.09. The summed E-state index contributed by atoms with van der Waals surface area (Å²) in [7, 11) is 0. The molecule has 2 rings (SSSR count). The molecule has 21 heavy (non-hydrogen) atoms. The van der Waals surface area contributed by atoms with Gasteiger partial charge in [0.1, 0.15) is 17.1 Å². The molecule has 7 nitrogen and oxygen atoms in total. The maximum atomic E-state index is 13.7. The molecule has 0 saturated carbocycles. The Labute approximate surface area is 121 Å². The first kappa shape index (κ1) is 15.0. The van der Waals surface area contributed by atoms with Gasteiger partial charge in [-0.25, -0.2) is 14.2 Å². The molecule has 0 aliphatic carbocycles. The Kier molecular flexibility index (Phi) is 3.94. The quantitative estimate of drug-likeness (QED) is 0.682. The number of carboxylic acids is 1. The number of carboxylic acid groups (broad SMARTS) is 1. The Morgan fingerprint density at radius 2 is 2.14 bits per heavy atom. The molecular weight excluding hydrogens is 303 g/mol. The summed E-state index contributed by atoms with van der Waals surface area (Å²) in [6.07, 6.45) is 0. The van der Waals surface area contributed by atoms with Crippen LogP contribution in [0.4, 0.5) is 10.1 Å². The molecule has 0 atom stereocenters.